The van der Waals surface area contributed by atoms with Gasteiger partial charge in [-0.05, 0) is 28.4 Å². The van der Waals surface area contributed by atoms with E-state index >= 15 is 0 Å². The number of aromatic amines is 1. The second-order valence-electron chi connectivity index (χ2n) is 2.89. The molecule has 2 aromatic rings. The molecule has 2 heterocycles. The van der Waals surface area contributed by atoms with Gasteiger partial charge in [0.05, 0.1) is 11.1 Å². The number of hydrogen-bond donors (Lipinski definition) is 1. The average molecular weight is 256 g/mol. The molecule has 0 fully saturated rings. The van der Waals surface area contributed by atoms with E-state index in [1.807, 2.05) is 6.92 Å². The van der Waals surface area contributed by atoms with E-state index in [0.717, 1.165) is 10.0 Å². The van der Waals surface area contributed by atoms with Crippen LogP contribution in [0.25, 0.3) is 11.0 Å². The number of aromatic nitrogens is 2. The van der Waals surface area contributed by atoms with Gasteiger partial charge in [-0.25, -0.2) is 4.98 Å². The molecule has 0 aliphatic heterocycles. The molecular weight excluding hydrogens is 250 g/mol. The smallest absolute Gasteiger partial charge is 0.296 e. The third-order valence-corrected chi connectivity index (χ3v) is 2.87. The van der Waals surface area contributed by atoms with Crippen molar-refractivity contribution >= 4 is 32.7 Å². The predicted molar refractivity (Wildman–Crippen MR) is 55.2 cm³/mol. The Hall–Kier alpha value is -1.43. The summed E-state index contributed by atoms with van der Waals surface area (Å²) in [6.45, 7) is 1.81. The number of halogens is 1. The molecule has 0 aromatic carbocycles. The molecule has 0 saturated heterocycles. The van der Waals surface area contributed by atoms with Gasteiger partial charge in [0.2, 0.25) is 0 Å². The van der Waals surface area contributed by atoms with Crippen LogP contribution in [-0.2, 0) is 0 Å². The fourth-order valence-electron chi connectivity index (χ4n) is 1.36. The summed E-state index contributed by atoms with van der Waals surface area (Å²) in [5.41, 5.74) is 1.42. The van der Waals surface area contributed by atoms with Gasteiger partial charge < -0.3 is 4.98 Å². The van der Waals surface area contributed by atoms with Crippen molar-refractivity contribution in [1.29, 1.82) is 0 Å². The highest BCUT2D eigenvalue weighted by molar-refractivity contribution is 9.10. The second-order valence-corrected chi connectivity index (χ2v) is 3.74. The molecule has 14 heavy (non-hydrogen) atoms. The van der Waals surface area contributed by atoms with Gasteiger partial charge in [0.1, 0.15) is 11.0 Å². The molecule has 0 radical (unpaired) electrons. The van der Waals surface area contributed by atoms with Crippen LogP contribution < -0.4 is 0 Å². The number of nitro groups is 1. The van der Waals surface area contributed by atoms with Crippen LogP contribution in [0.15, 0.2) is 16.9 Å². The zero-order valence-electron chi connectivity index (χ0n) is 7.24. The van der Waals surface area contributed by atoms with Crippen molar-refractivity contribution in [1.82, 2.24) is 9.97 Å². The summed E-state index contributed by atoms with van der Waals surface area (Å²) < 4.78 is 0.771. The van der Waals surface area contributed by atoms with E-state index in [4.69, 9.17) is 0 Å². The van der Waals surface area contributed by atoms with Crippen molar-refractivity contribution in [2.45, 2.75) is 6.92 Å². The van der Waals surface area contributed by atoms with Crippen LogP contribution in [0, 0.1) is 17.0 Å². The predicted octanol–water partition coefficient (Wildman–Crippen LogP) is 2.54. The Morgan fingerprint density at radius 3 is 3.00 bits per heavy atom. The molecular formula is C8H6BrN3O2. The molecule has 5 nitrogen and oxygen atoms in total. The number of nitrogens with zero attached hydrogens (tertiary/aromatic N) is 2. The quantitative estimate of drug-likeness (QED) is 0.629. The van der Waals surface area contributed by atoms with Crippen LogP contribution in [0.3, 0.4) is 0 Å². The van der Waals surface area contributed by atoms with Crippen molar-refractivity contribution in [3.63, 3.8) is 0 Å². The van der Waals surface area contributed by atoms with E-state index in [2.05, 4.69) is 25.9 Å². The lowest BCUT2D eigenvalue weighted by Gasteiger charge is -1.97. The number of hydrogen-bond acceptors (Lipinski definition) is 3. The first-order valence-electron chi connectivity index (χ1n) is 3.88. The maximum atomic E-state index is 10.7. The fourth-order valence-corrected chi connectivity index (χ4v) is 1.66. The van der Waals surface area contributed by atoms with Crippen LogP contribution >= 0.6 is 15.9 Å². The first kappa shape index (κ1) is 9.14. The summed E-state index contributed by atoms with van der Waals surface area (Å²) in [5, 5.41) is 11.2. The minimum atomic E-state index is -0.417. The van der Waals surface area contributed by atoms with Crippen molar-refractivity contribution < 1.29 is 4.92 Å². The van der Waals surface area contributed by atoms with E-state index in [-0.39, 0.29) is 5.69 Å². The molecule has 0 unspecified atom stereocenters. The van der Waals surface area contributed by atoms with Crippen molar-refractivity contribution in [3.05, 3.63) is 32.5 Å². The highest BCUT2D eigenvalue weighted by Crippen LogP contribution is 2.30. The average Bonchev–Trinajstić information content (AvgIpc) is 2.55. The highest BCUT2D eigenvalue weighted by atomic mass is 79.9. The number of nitrogens with one attached hydrogen (secondary N) is 1. The van der Waals surface area contributed by atoms with Gasteiger partial charge in [0, 0.05) is 10.7 Å². The van der Waals surface area contributed by atoms with Gasteiger partial charge >= 0.3 is 0 Å². The standard InChI is InChI=1S/C8H6BrN3O2/c1-4-5(9)2-10-8-7(4)6(3-11-8)12(13)14/h2-3H,1H3,(H,10,11). The molecule has 0 spiro atoms. The molecule has 0 amide bonds. The largest absolute Gasteiger partial charge is 0.340 e. The molecule has 2 rings (SSSR count). The Bertz CT molecular complexity index is 521. The van der Waals surface area contributed by atoms with Crippen molar-refractivity contribution in [2.75, 3.05) is 0 Å². The number of H-pyrrole nitrogens is 1. The third kappa shape index (κ3) is 1.19. The topological polar surface area (TPSA) is 71.8 Å². The number of rotatable bonds is 1. The molecule has 72 valence electrons. The van der Waals surface area contributed by atoms with E-state index in [1.165, 1.54) is 6.20 Å². The minimum absolute atomic E-state index is 0.0614. The Balaban J connectivity index is 2.89. The zero-order chi connectivity index (χ0) is 10.3. The molecule has 2 aromatic heterocycles. The lowest BCUT2D eigenvalue weighted by molar-refractivity contribution is -0.383. The SMILES string of the molecule is Cc1c(Br)cnc2[nH]cc([N+](=O)[O-])c12. The number of aryl methyl sites for hydroxylation is 1. The van der Waals surface area contributed by atoms with Crippen LogP contribution in [0.4, 0.5) is 5.69 Å². The summed E-state index contributed by atoms with van der Waals surface area (Å²) in [6, 6.07) is 0. The Morgan fingerprint density at radius 2 is 2.36 bits per heavy atom. The Labute approximate surface area is 87.4 Å². The summed E-state index contributed by atoms with van der Waals surface area (Å²) in [5.74, 6) is 0. The maximum Gasteiger partial charge on any atom is 0.296 e. The fraction of sp³-hybridized carbons (Fsp3) is 0.125. The van der Waals surface area contributed by atoms with E-state index in [1.54, 1.807) is 6.20 Å². The lowest BCUT2D eigenvalue weighted by Crippen LogP contribution is -1.88. The van der Waals surface area contributed by atoms with Crippen LogP contribution in [0.2, 0.25) is 0 Å². The lowest BCUT2D eigenvalue weighted by atomic mass is 10.2. The summed E-state index contributed by atoms with van der Waals surface area (Å²) in [6.07, 6.45) is 2.98. The van der Waals surface area contributed by atoms with E-state index in [0.29, 0.717) is 11.0 Å². The second kappa shape index (κ2) is 3.06. The third-order valence-electron chi connectivity index (χ3n) is 2.08. The van der Waals surface area contributed by atoms with Gasteiger partial charge in [0.25, 0.3) is 5.69 Å². The van der Waals surface area contributed by atoms with Gasteiger partial charge in [-0.2, -0.15) is 0 Å². The number of pyridine rings is 1. The molecule has 6 heteroatoms. The first-order valence-corrected chi connectivity index (χ1v) is 4.67. The Morgan fingerprint density at radius 1 is 1.64 bits per heavy atom. The van der Waals surface area contributed by atoms with Gasteiger partial charge in [0.15, 0.2) is 0 Å². The van der Waals surface area contributed by atoms with E-state index < -0.39 is 4.92 Å². The van der Waals surface area contributed by atoms with Crippen LogP contribution in [-0.4, -0.2) is 14.9 Å². The van der Waals surface area contributed by atoms with Crippen molar-refractivity contribution in [2.24, 2.45) is 0 Å². The molecule has 0 aliphatic rings. The summed E-state index contributed by atoms with van der Waals surface area (Å²) in [4.78, 5) is 17.1. The monoisotopic (exact) mass is 255 g/mol. The molecule has 0 atom stereocenters. The molecule has 0 bridgehead atoms. The van der Waals surface area contributed by atoms with E-state index in [9.17, 15) is 10.1 Å². The molecule has 0 aliphatic carbocycles. The minimum Gasteiger partial charge on any atom is -0.340 e. The first-order chi connectivity index (χ1) is 6.61. The summed E-state index contributed by atoms with van der Waals surface area (Å²) in [7, 11) is 0. The normalized spacial score (nSPS) is 10.7. The number of fused-ring (bicyclic) bond motifs is 1. The molecule has 1 N–H and O–H groups in total. The van der Waals surface area contributed by atoms with Gasteiger partial charge in [-0.1, -0.05) is 0 Å². The van der Waals surface area contributed by atoms with Crippen LogP contribution in [0.1, 0.15) is 5.56 Å². The maximum absolute atomic E-state index is 10.7. The van der Waals surface area contributed by atoms with Crippen LogP contribution in [0.5, 0.6) is 0 Å². The Kier molecular flexibility index (Phi) is 1.99. The van der Waals surface area contributed by atoms with Gasteiger partial charge in [-0.15, -0.1) is 0 Å². The molecule has 0 saturated carbocycles. The summed E-state index contributed by atoms with van der Waals surface area (Å²) >= 11 is 3.29. The van der Waals surface area contributed by atoms with Gasteiger partial charge in [-0.3, -0.25) is 10.1 Å². The highest BCUT2D eigenvalue weighted by Gasteiger charge is 2.17. The zero-order valence-corrected chi connectivity index (χ0v) is 8.83. The van der Waals surface area contributed by atoms with Crippen molar-refractivity contribution in [3.8, 4) is 0 Å².